The lowest BCUT2D eigenvalue weighted by Crippen LogP contribution is -2.42. The molecule has 1 saturated heterocycles. The van der Waals surface area contributed by atoms with Crippen LogP contribution in [0.1, 0.15) is 12.0 Å². The third-order valence-corrected chi connectivity index (χ3v) is 3.33. The van der Waals surface area contributed by atoms with Crippen molar-refractivity contribution in [1.82, 2.24) is 5.32 Å². The van der Waals surface area contributed by atoms with Crippen LogP contribution in [0.3, 0.4) is 0 Å². The summed E-state index contributed by atoms with van der Waals surface area (Å²) in [7, 11) is 1.69. The number of phenols is 2. The molecule has 1 unspecified atom stereocenters. The zero-order valence-electron chi connectivity index (χ0n) is 10.5. The molecule has 1 atom stereocenters. The van der Waals surface area contributed by atoms with Crippen LogP contribution in [-0.4, -0.2) is 42.7 Å². The Hall–Kier alpha value is -1.30. The van der Waals surface area contributed by atoms with Crippen LogP contribution < -0.4 is 5.32 Å². The monoisotopic (exact) mass is 253 g/mol. The van der Waals surface area contributed by atoms with Gasteiger partial charge >= 0.3 is 0 Å². The second-order valence-corrected chi connectivity index (χ2v) is 4.61. The Morgan fingerprint density at radius 1 is 1.44 bits per heavy atom. The van der Waals surface area contributed by atoms with E-state index < -0.39 is 0 Å². The Balaban J connectivity index is 1.88. The lowest BCUT2D eigenvalue weighted by atomic mass is 10.0. The van der Waals surface area contributed by atoms with Gasteiger partial charge in [0.25, 0.3) is 0 Å². The van der Waals surface area contributed by atoms with Crippen molar-refractivity contribution in [2.24, 2.45) is 0 Å². The number of benzene rings is 1. The number of ether oxygens (including phenoxy) is 2. The van der Waals surface area contributed by atoms with E-state index in [1.807, 2.05) is 0 Å². The molecular weight excluding hydrogens is 234 g/mol. The molecule has 2 rings (SSSR count). The number of hydrogen-bond donors (Lipinski definition) is 3. The van der Waals surface area contributed by atoms with E-state index >= 15 is 0 Å². The molecule has 0 radical (unpaired) electrons. The van der Waals surface area contributed by atoms with Crippen LogP contribution in [0.5, 0.6) is 11.5 Å². The van der Waals surface area contributed by atoms with Crippen molar-refractivity contribution >= 4 is 0 Å². The van der Waals surface area contributed by atoms with Crippen LogP contribution in [-0.2, 0) is 16.0 Å². The van der Waals surface area contributed by atoms with Crippen LogP contribution in [0.2, 0.25) is 0 Å². The predicted molar refractivity (Wildman–Crippen MR) is 66.7 cm³/mol. The fourth-order valence-electron chi connectivity index (χ4n) is 2.09. The molecule has 1 aromatic carbocycles. The number of phenolic OH excluding ortho intramolecular Hbond substituents is 2. The zero-order valence-corrected chi connectivity index (χ0v) is 10.5. The Kier molecular flexibility index (Phi) is 4.06. The molecule has 100 valence electrons. The second-order valence-electron chi connectivity index (χ2n) is 4.61. The quantitative estimate of drug-likeness (QED) is 0.730. The summed E-state index contributed by atoms with van der Waals surface area (Å²) in [4.78, 5) is 0. The van der Waals surface area contributed by atoms with Crippen LogP contribution in [0.25, 0.3) is 0 Å². The fraction of sp³-hybridized carbons (Fsp3) is 0.538. The number of aromatic hydroxyl groups is 2. The summed E-state index contributed by atoms with van der Waals surface area (Å²) in [6.07, 6.45) is 0.873. The van der Waals surface area contributed by atoms with E-state index in [1.54, 1.807) is 19.2 Å². The SMILES string of the molecule is COC1(CNCc2ccc(O)cc2O)CCOC1. The summed E-state index contributed by atoms with van der Waals surface area (Å²) < 4.78 is 10.8. The third kappa shape index (κ3) is 2.93. The molecule has 0 bridgehead atoms. The van der Waals surface area contributed by atoms with Gasteiger partial charge in [-0.2, -0.15) is 0 Å². The van der Waals surface area contributed by atoms with E-state index in [4.69, 9.17) is 9.47 Å². The van der Waals surface area contributed by atoms with E-state index in [0.29, 0.717) is 19.7 Å². The average Bonchev–Trinajstić information content (AvgIpc) is 2.81. The Morgan fingerprint density at radius 3 is 2.89 bits per heavy atom. The van der Waals surface area contributed by atoms with Crippen molar-refractivity contribution in [3.05, 3.63) is 23.8 Å². The van der Waals surface area contributed by atoms with Crippen LogP contribution in [0, 0.1) is 0 Å². The van der Waals surface area contributed by atoms with Crippen LogP contribution in [0.4, 0.5) is 0 Å². The predicted octanol–water partition coefficient (Wildman–Crippen LogP) is 0.993. The van der Waals surface area contributed by atoms with Crippen molar-refractivity contribution in [2.45, 2.75) is 18.6 Å². The molecule has 3 N–H and O–H groups in total. The van der Waals surface area contributed by atoms with Gasteiger partial charge in [-0.15, -0.1) is 0 Å². The highest BCUT2D eigenvalue weighted by Gasteiger charge is 2.34. The summed E-state index contributed by atoms with van der Waals surface area (Å²) in [5.41, 5.74) is 0.491. The van der Waals surface area contributed by atoms with Gasteiger partial charge in [0, 0.05) is 44.9 Å². The number of nitrogens with one attached hydrogen (secondary N) is 1. The molecule has 1 fully saturated rings. The lowest BCUT2D eigenvalue weighted by Gasteiger charge is -2.26. The van der Waals surface area contributed by atoms with Crippen LogP contribution >= 0.6 is 0 Å². The highest BCUT2D eigenvalue weighted by atomic mass is 16.5. The maximum Gasteiger partial charge on any atom is 0.123 e. The molecule has 5 heteroatoms. The first-order chi connectivity index (χ1) is 8.65. The number of hydrogen-bond acceptors (Lipinski definition) is 5. The molecule has 0 amide bonds. The lowest BCUT2D eigenvalue weighted by molar-refractivity contribution is -0.0159. The maximum atomic E-state index is 9.65. The molecule has 0 aromatic heterocycles. The van der Waals surface area contributed by atoms with Crippen LogP contribution in [0.15, 0.2) is 18.2 Å². The highest BCUT2D eigenvalue weighted by molar-refractivity contribution is 5.38. The van der Waals surface area contributed by atoms with Gasteiger partial charge in [0.05, 0.1) is 6.61 Å². The van der Waals surface area contributed by atoms with E-state index in [9.17, 15) is 10.2 Å². The molecule has 1 aromatic rings. The van der Waals surface area contributed by atoms with E-state index in [-0.39, 0.29) is 17.1 Å². The number of rotatable bonds is 5. The molecule has 0 aliphatic carbocycles. The molecule has 0 saturated carbocycles. The molecule has 1 aliphatic rings. The molecule has 0 spiro atoms. The minimum Gasteiger partial charge on any atom is -0.508 e. The summed E-state index contributed by atoms with van der Waals surface area (Å²) in [5.74, 6) is 0.158. The summed E-state index contributed by atoms with van der Waals surface area (Å²) >= 11 is 0. The first-order valence-corrected chi connectivity index (χ1v) is 6.00. The summed E-state index contributed by atoms with van der Waals surface area (Å²) in [6.45, 7) is 2.51. The molecule has 1 aliphatic heterocycles. The van der Waals surface area contributed by atoms with Gasteiger partial charge in [-0.25, -0.2) is 0 Å². The average molecular weight is 253 g/mol. The fourth-order valence-corrected chi connectivity index (χ4v) is 2.09. The topological polar surface area (TPSA) is 71.0 Å². The van der Waals surface area contributed by atoms with E-state index in [2.05, 4.69) is 5.32 Å². The molecule has 1 heterocycles. The minimum absolute atomic E-state index is 0.0637. The zero-order chi connectivity index (χ0) is 13.0. The van der Waals surface area contributed by atoms with Gasteiger partial charge in [0.1, 0.15) is 17.1 Å². The first-order valence-electron chi connectivity index (χ1n) is 6.00. The minimum atomic E-state index is -0.257. The van der Waals surface area contributed by atoms with E-state index in [1.165, 1.54) is 6.07 Å². The van der Waals surface area contributed by atoms with Crippen molar-refractivity contribution < 1.29 is 19.7 Å². The van der Waals surface area contributed by atoms with Gasteiger partial charge < -0.3 is 25.0 Å². The largest absolute Gasteiger partial charge is 0.508 e. The molecular formula is C13H19NO4. The summed E-state index contributed by atoms with van der Waals surface area (Å²) in [5, 5.41) is 22.1. The Labute approximate surface area is 106 Å². The van der Waals surface area contributed by atoms with Crippen molar-refractivity contribution in [1.29, 1.82) is 0 Å². The normalized spacial score (nSPS) is 23.4. The Morgan fingerprint density at radius 2 is 2.28 bits per heavy atom. The first kappa shape index (κ1) is 13.1. The van der Waals surface area contributed by atoms with Crippen molar-refractivity contribution in [2.75, 3.05) is 26.9 Å². The van der Waals surface area contributed by atoms with Gasteiger partial charge in [-0.1, -0.05) is 6.07 Å². The third-order valence-electron chi connectivity index (χ3n) is 3.33. The summed E-state index contributed by atoms with van der Waals surface area (Å²) in [6, 6.07) is 4.59. The van der Waals surface area contributed by atoms with E-state index in [0.717, 1.165) is 18.6 Å². The van der Waals surface area contributed by atoms with Gasteiger partial charge in [0.2, 0.25) is 0 Å². The van der Waals surface area contributed by atoms with Gasteiger partial charge in [0.15, 0.2) is 0 Å². The number of methoxy groups -OCH3 is 1. The second kappa shape index (κ2) is 5.56. The Bertz CT molecular complexity index is 402. The highest BCUT2D eigenvalue weighted by Crippen LogP contribution is 2.24. The molecule has 5 nitrogen and oxygen atoms in total. The smallest absolute Gasteiger partial charge is 0.123 e. The van der Waals surface area contributed by atoms with Crippen molar-refractivity contribution in [3.63, 3.8) is 0 Å². The van der Waals surface area contributed by atoms with Gasteiger partial charge in [-0.05, 0) is 6.07 Å². The van der Waals surface area contributed by atoms with Gasteiger partial charge in [-0.3, -0.25) is 0 Å². The van der Waals surface area contributed by atoms with Crippen molar-refractivity contribution in [3.8, 4) is 11.5 Å². The standard InChI is InChI=1S/C13H19NO4/c1-17-13(4-5-18-9-13)8-14-7-10-2-3-11(15)6-12(10)16/h2-3,6,14-16H,4-5,7-9H2,1H3. The maximum absolute atomic E-state index is 9.65. The molecule has 18 heavy (non-hydrogen) atoms.